The third kappa shape index (κ3) is 4.17. The highest BCUT2D eigenvalue weighted by Gasteiger charge is 2.01. The third-order valence-electron chi connectivity index (χ3n) is 2.57. The van der Waals surface area contributed by atoms with Gasteiger partial charge >= 0.3 is 0 Å². The van der Waals surface area contributed by atoms with Gasteiger partial charge in [0.1, 0.15) is 0 Å². The monoisotopic (exact) mass is 218 g/mol. The number of nitrogens with one attached hydrogen (secondary N) is 2. The quantitative estimate of drug-likeness (QED) is 0.688. The predicted octanol–water partition coefficient (Wildman–Crippen LogP) is 2.76. The molecule has 0 fully saturated rings. The number of hydrogen-bond acceptors (Lipinski definition) is 2. The Morgan fingerprint density at radius 3 is 2.75 bits per heavy atom. The zero-order chi connectivity index (χ0) is 11.8. The van der Waals surface area contributed by atoms with E-state index in [1.807, 2.05) is 12.1 Å². The van der Waals surface area contributed by atoms with Crippen LogP contribution in [-0.4, -0.2) is 12.7 Å². The Bertz CT molecular complexity index is 320. The number of benzene rings is 1. The second-order valence-electron chi connectivity index (χ2n) is 3.96. The molecular weight excluding hydrogens is 196 g/mol. The van der Waals surface area contributed by atoms with Crippen molar-refractivity contribution in [3.8, 4) is 0 Å². The maximum Gasteiger partial charge on any atom is 0.0545 e. The molecule has 1 rings (SSSR count). The lowest BCUT2D eigenvalue weighted by Gasteiger charge is -2.16. The van der Waals surface area contributed by atoms with Crippen molar-refractivity contribution in [2.45, 2.75) is 33.0 Å². The maximum atomic E-state index is 3.82. The Balaban J connectivity index is 2.44. The molecule has 1 unspecified atom stereocenters. The van der Waals surface area contributed by atoms with E-state index in [9.17, 15) is 0 Å². The van der Waals surface area contributed by atoms with Crippen LogP contribution < -0.4 is 10.6 Å². The molecule has 0 heterocycles. The standard InChI is InChI=1S/C14H22N2/c1-4-10-15-12(3)16-11-14-9-7-6-8-13(14)5-2/h5-9,12,15-16H,2,4,10-11H2,1,3H3. The molecule has 1 aromatic rings. The van der Waals surface area contributed by atoms with Crippen molar-refractivity contribution in [1.82, 2.24) is 10.6 Å². The second kappa shape index (κ2) is 7.20. The van der Waals surface area contributed by atoms with Crippen LogP contribution in [0.3, 0.4) is 0 Å². The third-order valence-corrected chi connectivity index (χ3v) is 2.57. The predicted molar refractivity (Wildman–Crippen MR) is 71.1 cm³/mol. The van der Waals surface area contributed by atoms with Gasteiger partial charge in [-0.1, -0.05) is 43.8 Å². The highest BCUT2D eigenvalue weighted by molar-refractivity contribution is 5.51. The van der Waals surface area contributed by atoms with Crippen LogP contribution in [0.2, 0.25) is 0 Å². The van der Waals surface area contributed by atoms with Gasteiger partial charge in [0, 0.05) is 6.54 Å². The van der Waals surface area contributed by atoms with E-state index in [-0.39, 0.29) is 0 Å². The van der Waals surface area contributed by atoms with Gasteiger partial charge in [-0.15, -0.1) is 0 Å². The van der Waals surface area contributed by atoms with E-state index in [2.05, 4.69) is 49.3 Å². The average Bonchev–Trinajstić information content (AvgIpc) is 2.34. The van der Waals surface area contributed by atoms with E-state index in [0.717, 1.165) is 19.5 Å². The van der Waals surface area contributed by atoms with Gasteiger partial charge in [-0.05, 0) is 31.0 Å². The minimum Gasteiger partial charge on any atom is -0.302 e. The van der Waals surface area contributed by atoms with Crippen molar-refractivity contribution < 1.29 is 0 Å². The molecule has 0 aliphatic rings. The van der Waals surface area contributed by atoms with Crippen LogP contribution in [0.15, 0.2) is 30.8 Å². The van der Waals surface area contributed by atoms with E-state index in [0.29, 0.717) is 6.17 Å². The van der Waals surface area contributed by atoms with Crippen LogP contribution >= 0.6 is 0 Å². The van der Waals surface area contributed by atoms with Gasteiger partial charge in [-0.25, -0.2) is 0 Å². The molecule has 0 bridgehead atoms. The molecule has 0 aliphatic heterocycles. The van der Waals surface area contributed by atoms with Gasteiger partial charge in [-0.3, -0.25) is 5.32 Å². The fourth-order valence-corrected chi connectivity index (χ4v) is 1.59. The second-order valence-corrected chi connectivity index (χ2v) is 3.96. The molecule has 16 heavy (non-hydrogen) atoms. The first-order valence-electron chi connectivity index (χ1n) is 5.95. The Morgan fingerprint density at radius 1 is 1.31 bits per heavy atom. The van der Waals surface area contributed by atoms with Crippen molar-refractivity contribution in [1.29, 1.82) is 0 Å². The molecule has 0 radical (unpaired) electrons. The fraction of sp³-hybridized carbons (Fsp3) is 0.429. The first-order chi connectivity index (χ1) is 7.77. The molecule has 2 heteroatoms. The minimum atomic E-state index is 0.345. The van der Waals surface area contributed by atoms with Crippen molar-refractivity contribution >= 4 is 6.08 Å². The summed E-state index contributed by atoms with van der Waals surface area (Å²) in [6, 6.07) is 8.33. The van der Waals surface area contributed by atoms with Gasteiger partial charge in [0.2, 0.25) is 0 Å². The molecule has 0 saturated heterocycles. The Kier molecular flexibility index (Phi) is 5.83. The van der Waals surface area contributed by atoms with Crippen molar-refractivity contribution in [3.05, 3.63) is 42.0 Å². The van der Waals surface area contributed by atoms with Crippen molar-refractivity contribution in [2.24, 2.45) is 0 Å². The minimum absolute atomic E-state index is 0.345. The Labute approximate surface area is 98.8 Å². The summed E-state index contributed by atoms with van der Waals surface area (Å²) < 4.78 is 0. The zero-order valence-corrected chi connectivity index (χ0v) is 10.3. The molecule has 2 nitrogen and oxygen atoms in total. The molecule has 0 aromatic heterocycles. The molecule has 0 aliphatic carbocycles. The SMILES string of the molecule is C=Cc1ccccc1CNC(C)NCCC. The van der Waals surface area contributed by atoms with Crippen molar-refractivity contribution in [2.75, 3.05) is 6.54 Å². The van der Waals surface area contributed by atoms with Gasteiger partial charge in [0.15, 0.2) is 0 Å². The smallest absolute Gasteiger partial charge is 0.0545 e. The molecule has 0 saturated carbocycles. The largest absolute Gasteiger partial charge is 0.302 e. The summed E-state index contributed by atoms with van der Waals surface area (Å²) in [6.07, 6.45) is 3.41. The molecule has 2 N–H and O–H groups in total. The first-order valence-corrected chi connectivity index (χ1v) is 5.95. The summed E-state index contributed by atoms with van der Waals surface area (Å²) in [5, 5.41) is 6.85. The molecule has 1 atom stereocenters. The Morgan fingerprint density at radius 2 is 2.06 bits per heavy atom. The van der Waals surface area contributed by atoms with Gasteiger partial charge in [0.25, 0.3) is 0 Å². The highest BCUT2D eigenvalue weighted by atomic mass is 15.1. The van der Waals surface area contributed by atoms with Crippen LogP contribution in [0, 0.1) is 0 Å². The van der Waals surface area contributed by atoms with Crippen LogP contribution in [0.5, 0.6) is 0 Å². The molecule has 88 valence electrons. The summed E-state index contributed by atoms with van der Waals surface area (Å²) in [7, 11) is 0. The zero-order valence-electron chi connectivity index (χ0n) is 10.3. The van der Waals surface area contributed by atoms with Crippen LogP contribution in [0.4, 0.5) is 0 Å². The summed E-state index contributed by atoms with van der Waals surface area (Å²) in [4.78, 5) is 0. The maximum absolute atomic E-state index is 3.82. The lowest BCUT2D eigenvalue weighted by atomic mass is 10.1. The summed E-state index contributed by atoms with van der Waals surface area (Å²) in [6.45, 7) is 10.1. The molecular formula is C14H22N2. The van der Waals surface area contributed by atoms with E-state index < -0.39 is 0 Å². The van der Waals surface area contributed by atoms with Gasteiger partial charge in [0.05, 0.1) is 6.17 Å². The lowest BCUT2D eigenvalue weighted by molar-refractivity contribution is 0.453. The summed E-state index contributed by atoms with van der Waals surface area (Å²) in [5.41, 5.74) is 2.50. The molecule has 0 amide bonds. The van der Waals surface area contributed by atoms with Crippen LogP contribution in [0.1, 0.15) is 31.4 Å². The van der Waals surface area contributed by atoms with Crippen LogP contribution in [-0.2, 0) is 6.54 Å². The van der Waals surface area contributed by atoms with E-state index >= 15 is 0 Å². The van der Waals surface area contributed by atoms with Crippen LogP contribution in [0.25, 0.3) is 6.08 Å². The fourth-order valence-electron chi connectivity index (χ4n) is 1.59. The average molecular weight is 218 g/mol. The van der Waals surface area contributed by atoms with E-state index in [1.165, 1.54) is 11.1 Å². The first kappa shape index (κ1) is 12.9. The van der Waals surface area contributed by atoms with Gasteiger partial charge < -0.3 is 5.32 Å². The topological polar surface area (TPSA) is 24.1 Å². The van der Waals surface area contributed by atoms with Gasteiger partial charge in [-0.2, -0.15) is 0 Å². The molecule has 1 aromatic carbocycles. The van der Waals surface area contributed by atoms with E-state index in [4.69, 9.17) is 0 Å². The van der Waals surface area contributed by atoms with E-state index in [1.54, 1.807) is 0 Å². The Hall–Kier alpha value is -1.12. The molecule has 0 spiro atoms. The lowest BCUT2D eigenvalue weighted by Crippen LogP contribution is -2.39. The summed E-state index contributed by atoms with van der Waals surface area (Å²) in [5.74, 6) is 0. The number of hydrogen-bond donors (Lipinski definition) is 2. The highest BCUT2D eigenvalue weighted by Crippen LogP contribution is 2.09. The normalized spacial score (nSPS) is 12.4. The number of rotatable bonds is 7. The summed E-state index contributed by atoms with van der Waals surface area (Å²) >= 11 is 0. The van der Waals surface area contributed by atoms with Crippen molar-refractivity contribution in [3.63, 3.8) is 0 Å².